The first kappa shape index (κ1) is 27.9. The number of fused-ring (bicyclic) bond motifs is 1. The maximum atomic E-state index is 13.4. The molecule has 0 spiro atoms. The van der Waals surface area contributed by atoms with Crippen molar-refractivity contribution in [3.8, 4) is 0 Å². The Bertz CT molecular complexity index is 1490. The van der Waals surface area contributed by atoms with Crippen molar-refractivity contribution < 1.29 is 9.59 Å². The molecule has 1 fully saturated rings. The number of benzene rings is 3. The number of Topliss-reactive ketones (excluding diaryl/α,β-unsaturated/α-hetero) is 2. The molecule has 4 heteroatoms. The van der Waals surface area contributed by atoms with E-state index in [-0.39, 0.29) is 35.3 Å². The fourth-order valence-corrected chi connectivity index (χ4v) is 7.31. The summed E-state index contributed by atoms with van der Waals surface area (Å²) in [6, 6.07) is 20.6. The van der Waals surface area contributed by atoms with Gasteiger partial charge in [0.1, 0.15) is 5.78 Å². The van der Waals surface area contributed by atoms with Crippen molar-refractivity contribution in [2.24, 2.45) is 11.8 Å². The summed E-state index contributed by atoms with van der Waals surface area (Å²) in [5.41, 5.74) is 8.52. The predicted molar refractivity (Wildman–Crippen MR) is 162 cm³/mol. The van der Waals surface area contributed by atoms with Gasteiger partial charge in [-0.25, -0.2) is 0 Å². The van der Waals surface area contributed by atoms with Crippen molar-refractivity contribution in [2.45, 2.75) is 78.1 Å². The Morgan fingerprint density at radius 2 is 1.65 bits per heavy atom. The fraction of sp³-hybridized carbons (Fsp3) is 0.389. The number of carbonyl (C=O) groups is 2. The summed E-state index contributed by atoms with van der Waals surface area (Å²) in [5, 5.41) is 17.8. The van der Waals surface area contributed by atoms with Crippen LogP contribution in [0.1, 0.15) is 81.9 Å². The molecule has 0 bridgehead atoms. The molecule has 2 unspecified atom stereocenters. The summed E-state index contributed by atoms with van der Waals surface area (Å²) in [6.45, 7) is 8.10. The molecule has 0 aromatic heterocycles. The van der Waals surface area contributed by atoms with Crippen molar-refractivity contribution >= 4 is 23.0 Å². The van der Waals surface area contributed by atoms with Crippen LogP contribution in [-0.2, 0) is 29.5 Å². The molecule has 0 amide bonds. The number of hydrogen-bond donors (Lipinski definition) is 2. The highest BCUT2D eigenvalue weighted by molar-refractivity contribution is 6.49. The van der Waals surface area contributed by atoms with E-state index in [9.17, 15) is 9.59 Å². The first-order valence-electron chi connectivity index (χ1n) is 14.6. The Hall–Kier alpha value is -3.66. The van der Waals surface area contributed by atoms with E-state index in [2.05, 4.69) is 43.3 Å². The van der Waals surface area contributed by atoms with Crippen LogP contribution >= 0.6 is 0 Å². The van der Waals surface area contributed by atoms with Crippen LogP contribution in [0.25, 0.3) is 0 Å². The molecule has 0 heterocycles. The number of carbonyl (C=O) groups excluding carboxylic acids is 2. The van der Waals surface area contributed by atoms with Gasteiger partial charge in [0.15, 0.2) is 5.78 Å². The lowest BCUT2D eigenvalue weighted by molar-refractivity contribution is -0.122. The minimum absolute atomic E-state index is 0.0200. The minimum Gasteiger partial charge on any atom is -0.303 e. The SMILES string of the molecule is Cc1cc(C)c([C@]2(C)CC(=O)C(CCCc3cccc(C(=O)C4CCc5ccccc5C4)c3)C(=N)C2=N)c(C)c1. The third-order valence-electron chi connectivity index (χ3n) is 9.20. The molecule has 2 aliphatic carbocycles. The Balaban J connectivity index is 1.23. The molecule has 1 saturated carbocycles. The normalized spacial score (nSPS) is 22.8. The van der Waals surface area contributed by atoms with Gasteiger partial charge in [0.2, 0.25) is 0 Å². The van der Waals surface area contributed by atoms with Crippen LogP contribution in [0.2, 0.25) is 0 Å². The van der Waals surface area contributed by atoms with Gasteiger partial charge in [-0.2, -0.15) is 0 Å². The molecule has 2 aliphatic rings. The molecule has 0 aliphatic heterocycles. The molecular formula is C36H40N2O2. The van der Waals surface area contributed by atoms with Crippen LogP contribution in [0, 0.1) is 43.4 Å². The Morgan fingerprint density at radius 3 is 2.38 bits per heavy atom. The molecule has 0 radical (unpaired) electrons. The van der Waals surface area contributed by atoms with Crippen molar-refractivity contribution in [1.82, 2.24) is 0 Å². The van der Waals surface area contributed by atoms with E-state index < -0.39 is 11.3 Å². The summed E-state index contributed by atoms with van der Waals surface area (Å²) in [6.07, 6.45) is 4.94. The van der Waals surface area contributed by atoms with E-state index in [4.69, 9.17) is 10.8 Å². The molecule has 3 aromatic rings. The highest BCUT2D eigenvalue weighted by atomic mass is 16.1. The van der Waals surface area contributed by atoms with Gasteiger partial charge in [0.25, 0.3) is 0 Å². The van der Waals surface area contributed by atoms with Crippen molar-refractivity contribution in [1.29, 1.82) is 10.8 Å². The molecular weight excluding hydrogens is 492 g/mol. The van der Waals surface area contributed by atoms with Crippen molar-refractivity contribution in [2.75, 3.05) is 0 Å². The molecule has 3 atom stereocenters. The second-order valence-corrected chi connectivity index (χ2v) is 12.3. The van der Waals surface area contributed by atoms with Gasteiger partial charge >= 0.3 is 0 Å². The van der Waals surface area contributed by atoms with Gasteiger partial charge in [-0.1, -0.05) is 60.2 Å². The lowest BCUT2D eigenvalue weighted by Gasteiger charge is -2.40. The van der Waals surface area contributed by atoms with Gasteiger partial charge in [-0.3, -0.25) is 9.59 Å². The Labute approximate surface area is 238 Å². The van der Waals surface area contributed by atoms with Gasteiger partial charge in [-0.15, -0.1) is 0 Å². The number of nitrogens with one attached hydrogen (secondary N) is 2. The third kappa shape index (κ3) is 5.24. The van der Waals surface area contributed by atoms with Crippen molar-refractivity contribution in [3.63, 3.8) is 0 Å². The van der Waals surface area contributed by atoms with Crippen LogP contribution in [0.15, 0.2) is 60.7 Å². The average molecular weight is 533 g/mol. The monoisotopic (exact) mass is 532 g/mol. The first-order chi connectivity index (χ1) is 19.1. The van der Waals surface area contributed by atoms with Crippen LogP contribution in [0.3, 0.4) is 0 Å². The summed E-state index contributed by atoms with van der Waals surface area (Å²) in [7, 11) is 0. The predicted octanol–water partition coefficient (Wildman–Crippen LogP) is 7.51. The van der Waals surface area contributed by atoms with E-state index in [1.807, 2.05) is 45.0 Å². The fourth-order valence-electron chi connectivity index (χ4n) is 7.31. The zero-order chi connectivity index (χ0) is 28.6. The standard InChI is InChI=1S/C36H40N2O2/c1-22-17-23(2)32(24(3)18-22)36(4)21-31(39)30(33(37)35(36)38)14-8-10-25-9-7-13-28(19-25)34(40)29-16-15-26-11-5-6-12-27(26)20-29/h5-7,9,11-13,17-19,29-30,37-38H,8,10,14-16,20-21H2,1-4H3/t29?,30?,36-/m0/s1. The van der Waals surface area contributed by atoms with Gasteiger partial charge in [0, 0.05) is 23.3 Å². The smallest absolute Gasteiger partial charge is 0.166 e. The number of ketones is 2. The largest absolute Gasteiger partial charge is 0.303 e. The van der Waals surface area contributed by atoms with Crippen LogP contribution in [-0.4, -0.2) is 23.0 Å². The molecule has 2 N–H and O–H groups in total. The minimum atomic E-state index is -0.763. The van der Waals surface area contributed by atoms with E-state index in [0.29, 0.717) is 6.42 Å². The van der Waals surface area contributed by atoms with E-state index >= 15 is 0 Å². The maximum Gasteiger partial charge on any atom is 0.166 e. The zero-order valence-electron chi connectivity index (χ0n) is 24.2. The third-order valence-corrected chi connectivity index (χ3v) is 9.20. The van der Waals surface area contributed by atoms with Crippen LogP contribution < -0.4 is 0 Å². The molecule has 4 nitrogen and oxygen atoms in total. The van der Waals surface area contributed by atoms with Crippen LogP contribution in [0.5, 0.6) is 0 Å². The highest BCUT2D eigenvalue weighted by Crippen LogP contribution is 2.40. The first-order valence-corrected chi connectivity index (χ1v) is 14.6. The molecule has 5 rings (SSSR count). The van der Waals surface area contributed by atoms with E-state index in [1.165, 1.54) is 16.7 Å². The summed E-state index contributed by atoms with van der Waals surface area (Å²) in [5.74, 6) is -0.232. The topological polar surface area (TPSA) is 81.8 Å². The maximum absolute atomic E-state index is 13.4. The zero-order valence-corrected chi connectivity index (χ0v) is 24.2. The average Bonchev–Trinajstić information content (AvgIpc) is 2.92. The molecule has 3 aromatic carbocycles. The number of hydrogen-bond acceptors (Lipinski definition) is 4. The summed E-state index contributed by atoms with van der Waals surface area (Å²) in [4.78, 5) is 26.7. The highest BCUT2D eigenvalue weighted by Gasteiger charge is 2.46. The number of rotatable bonds is 7. The van der Waals surface area contributed by atoms with Gasteiger partial charge in [0.05, 0.1) is 17.3 Å². The second-order valence-electron chi connectivity index (χ2n) is 12.3. The Kier molecular flexibility index (Phi) is 7.72. The quantitative estimate of drug-likeness (QED) is 0.309. The lowest BCUT2D eigenvalue weighted by atomic mass is 9.62. The summed E-state index contributed by atoms with van der Waals surface area (Å²) >= 11 is 0. The van der Waals surface area contributed by atoms with Gasteiger partial charge < -0.3 is 10.8 Å². The van der Waals surface area contributed by atoms with Gasteiger partial charge in [-0.05, 0) is 106 Å². The molecule has 0 saturated heterocycles. The van der Waals surface area contributed by atoms with E-state index in [1.54, 1.807) is 0 Å². The van der Waals surface area contributed by atoms with E-state index in [0.717, 1.165) is 59.9 Å². The summed E-state index contributed by atoms with van der Waals surface area (Å²) < 4.78 is 0. The Morgan fingerprint density at radius 1 is 0.950 bits per heavy atom. The second kappa shape index (κ2) is 11.1. The molecule has 206 valence electrons. The molecule has 40 heavy (non-hydrogen) atoms. The van der Waals surface area contributed by atoms with Crippen molar-refractivity contribution in [3.05, 3.63) is 105 Å². The number of aryl methyl sites for hydroxylation is 5. The van der Waals surface area contributed by atoms with Crippen LogP contribution in [0.4, 0.5) is 0 Å². The lowest BCUT2D eigenvalue weighted by Crippen LogP contribution is -2.50.